The van der Waals surface area contributed by atoms with Gasteiger partial charge in [-0.1, -0.05) is 25.0 Å². The van der Waals surface area contributed by atoms with Gasteiger partial charge in [0.1, 0.15) is 5.75 Å². The quantitative estimate of drug-likeness (QED) is 0.167. The molecule has 0 saturated carbocycles. The van der Waals surface area contributed by atoms with Crippen LogP contribution < -0.4 is 15.8 Å². The van der Waals surface area contributed by atoms with Crippen LogP contribution in [0, 0.1) is 0 Å². The van der Waals surface area contributed by atoms with Crippen LogP contribution in [0.2, 0.25) is 0 Å². The van der Waals surface area contributed by atoms with Crippen molar-refractivity contribution in [3.05, 3.63) is 29.8 Å². The van der Waals surface area contributed by atoms with Crippen molar-refractivity contribution >= 4 is 35.9 Å². The zero-order valence-electron chi connectivity index (χ0n) is 15.1. The number of alkyl halides is 3. The van der Waals surface area contributed by atoms with E-state index in [4.69, 9.17) is 5.73 Å². The number of benzene rings is 1. The minimum Gasteiger partial charge on any atom is -0.469 e. The van der Waals surface area contributed by atoms with Crippen LogP contribution in [0.5, 0.6) is 5.75 Å². The maximum Gasteiger partial charge on any atom is 0.573 e. The number of aliphatic imine (C=N–C) groups is 1. The summed E-state index contributed by atoms with van der Waals surface area (Å²) in [6.07, 6.45) is -0.697. The van der Waals surface area contributed by atoms with Crippen molar-refractivity contribution in [2.45, 2.75) is 45.0 Å². The summed E-state index contributed by atoms with van der Waals surface area (Å²) < 4.78 is 44.6. The van der Waals surface area contributed by atoms with Gasteiger partial charge < -0.3 is 20.5 Å². The average molecular weight is 503 g/mol. The van der Waals surface area contributed by atoms with Crippen LogP contribution in [0.3, 0.4) is 0 Å². The van der Waals surface area contributed by atoms with Crippen molar-refractivity contribution in [1.29, 1.82) is 0 Å². The highest BCUT2D eigenvalue weighted by Crippen LogP contribution is 2.22. The molecule has 0 aliphatic carbocycles. The molecule has 0 heterocycles. The Kier molecular flexibility index (Phi) is 12.6. The molecule has 154 valence electrons. The third kappa shape index (κ3) is 13.1. The van der Waals surface area contributed by atoms with Crippen LogP contribution in [-0.2, 0) is 16.1 Å². The number of nitrogens with two attached hydrogens (primary N) is 1. The van der Waals surface area contributed by atoms with E-state index in [1.807, 2.05) is 0 Å². The number of hydrogen-bond donors (Lipinski definition) is 2. The van der Waals surface area contributed by atoms with Gasteiger partial charge in [-0.15, -0.1) is 37.1 Å². The second-order valence-corrected chi connectivity index (χ2v) is 5.56. The topological polar surface area (TPSA) is 85.9 Å². The van der Waals surface area contributed by atoms with Crippen molar-refractivity contribution in [3.8, 4) is 5.75 Å². The Hall–Kier alpha value is -1.72. The highest BCUT2D eigenvalue weighted by molar-refractivity contribution is 14.0. The largest absolute Gasteiger partial charge is 0.573 e. The molecule has 0 amide bonds. The van der Waals surface area contributed by atoms with E-state index in [9.17, 15) is 18.0 Å². The number of nitrogens with zero attached hydrogens (tertiary/aromatic N) is 1. The average Bonchev–Trinajstić information content (AvgIpc) is 2.58. The third-order valence-corrected chi connectivity index (χ3v) is 3.43. The maximum atomic E-state index is 12.1. The van der Waals surface area contributed by atoms with Gasteiger partial charge in [0, 0.05) is 13.0 Å². The van der Waals surface area contributed by atoms with Gasteiger partial charge in [0.25, 0.3) is 0 Å². The molecule has 0 radical (unpaired) electrons. The van der Waals surface area contributed by atoms with E-state index < -0.39 is 6.36 Å². The Morgan fingerprint density at radius 1 is 1.15 bits per heavy atom. The van der Waals surface area contributed by atoms with Gasteiger partial charge >= 0.3 is 12.3 Å². The van der Waals surface area contributed by atoms with Gasteiger partial charge in [0.15, 0.2) is 5.96 Å². The number of ether oxygens (including phenoxy) is 2. The van der Waals surface area contributed by atoms with Crippen molar-refractivity contribution in [3.63, 3.8) is 0 Å². The zero-order valence-corrected chi connectivity index (χ0v) is 17.4. The van der Waals surface area contributed by atoms with Crippen LogP contribution in [0.1, 0.15) is 37.7 Å². The second-order valence-electron chi connectivity index (χ2n) is 5.56. The van der Waals surface area contributed by atoms with Gasteiger partial charge in [0.05, 0.1) is 13.7 Å². The number of carbonyl (C=O) groups excluding carboxylic acids is 1. The molecule has 10 heteroatoms. The molecule has 3 N–H and O–H groups in total. The molecule has 0 aromatic heterocycles. The summed E-state index contributed by atoms with van der Waals surface area (Å²) >= 11 is 0. The molecule has 0 atom stereocenters. The predicted molar refractivity (Wildman–Crippen MR) is 107 cm³/mol. The Bertz CT molecular complexity index is 581. The summed E-state index contributed by atoms with van der Waals surface area (Å²) in [5.41, 5.74) is 6.45. The summed E-state index contributed by atoms with van der Waals surface area (Å²) in [7, 11) is 1.37. The van der Waals surface area contributed by atoms with E-state index in [2.05, 4.69) is 19.8 Å². The number of guanidine groups is 1. The fourth-order valence-corrected chi connectivity index (χ4v) is 2.10. The first kappa shape index (κ1) is 25.3. The van der Waals surface area contributed by atoms with Crippen molar-refractivity contribution in [2.24, 2.45) is 10.7 Å². The van der Waals surface area contributed by atoms with Crippen LogP contribution in [0.15, 0.2) is 29.3 Å². The normalized spacial score (nSPS) is 11.5. The van der Waals surface area contributed by atoms with E-state index >= 15 is 0 Å². The number of hydrogen-bond acceptors (Lipinski definition) is 4. The fourth-order valence-electron chi connectivity index (χ4n) is 2.10. The molecular formula is C17H25F3IN3O3. The molecule has 0 bridgehead atoms. The van der Waals surface area contributed by atoms with Gasteiger partial charge in [-0.2, -0.15) is 0 Å². The smallest absolute Gasteiger partial charge is 0.469 e. The standard InChI is InChI=1S/C17H24F3N3O3.HI/c1-25-15(24)6-4-2-3-5-11-22-16(21)23-12-13-7-9-14(10-8-13)26-17(18,19)20;/h7-10H,2-6,11-12H2,1H3,(H3,21,22,23);1H. The summed E-state index contributed by atoms with van der Waals surface area (Å²) in [5.74, 6) is -0.198. The molecule has 0 aliphatic rings. The third-order valence-electron chi connectivity index (χ3n) is 3.43. The lowest BCUT2D eigenvalue weighted by atomic mass is 10.1. The summed E-state index contributed by atoms with van der Waals surface area (Å²) in [5, 5.41) is 2.97. The minimum atomic E-state index is -4.70. The predicted octanol–water partition coefficient (Wildman–Crippen LogP) is 3.73. The first-order valence-corrected chi connectivity index (χ1v) is 8.25. The molecule has 27 heavy (non-hydrogen) atoms. The molecule has 1 aromatic carbocycles. The molecular weight excluding hydrogens is 478 g/mol. The molecule has 0 aliphatic heterocycles. The Morgan fingerprint density at radius 2 is 1.78 bits per heavy atom. The van der Waals surface area contributed by atoms with Crippen molar-refractivity contribution in [2.75, 3.05) is 13.7 Å². The maximum absolute atomic E-state index is 12.1. The Morgan fingerprint density at radius 3 is 2.37 bits per heavy atom. The monoisotopic (exact) mass is 503 g/mol. The molecule has 6 nitrogen and oxygen atoms in total. The first-order valence-electron chi connectivity index (χ1n) is 8.25. The lowest BCUT2D eigenvalue weighted by Crippen LogP contribution is -2.32. The summed E-state index contributed by atoms with van der Waals surface area (Å²) in [6.45, 7) is 0.913. The number of halogens is 4. The Balaban J connectivity index is 0.00000676. The van der Waals surface area contributed by atoms with E-state index in [1.165, 1.54) is 31.4 Å². The van der Waals surface area contributed by atoms with Crippen LogP contribution in [0.25, 0.3) is 0 Å². The van der Waals surface area contributed by atoms with Gasteiger partial charge in [0.2, 0.25) is 0 Å². The van der Waals surface area contributed by atoms with Crippen LogP contribution in [-0.4, -0.2) is 31.9 Å². The number of esters is 1. The van der Waals surface area contributed by atoms with E-state index in [1.54, 1.807) is 0 Å². The fraction of sp³-hybridized carbons (Fsp3) is 0.529. The molecule has 1 aromatic rings. The lowest BCUT2D eigenvalue weighted by molar-refractivity contribution is -0.274. The van der Waals surface area contributed by atoms with Crippen LogP contribution >= 0.6 is 24.0 Å². The van der Waals surface area contributed by atoms with Crippen molar-refractivity contribution in [1.82, 2.24) is 5.32 Å². The van der Waals surface area contributed by atoms with Gasteiger partial charge in [-0.3, -0.25) is 4.79 Å². The number of unbranched alkanes of at least 4 members (excludes halogenated alkanes) is 3. The summed E-state index contributed by atoms with van der Waals surface area (Å²) in [6, 6.07) is 5.46. The Labute approximate surface area is 173 Å². The number of rotatable bonds is 10. The number of methoxy groups -OCH3 is 1. The van der Waals surface area contributed by atoms with Gasteiger partial charge in [-0.05, 0) is 30.5 Å². The van der Waals surface area contributed by atoms with E-state index in [0.717, 1.165) is 25.7 Å². The second kappa shape index (κ2) is 13.4. The number of nitrogens with one attached hydrogen (secondary N) is 1. The zero-order chi connectivity index (χ0) is 19.4. The van der Waals surface area contributed by atoms with E-state index in [-0.39, 0.29) is 48.2 Å². The molecule has 1 rings (SSSR count). The lowest BCUT2D eigenvalue weighted by Gasteiger charge is -2.09. The highest BCUT2D eigenvalue weighted by Gasteiger charge is 2.30. The SMILES string of the molecule is COC(=O)CCCCCCNC(N)=NCc1ccc(OC(F)(F)F)cc1.I. The van der Waals surface area contributed by atoms with Gasteiger partial charge in [-0.25, -0.2) is 4.99 Å². The molecule has 0 fully saturated rings. The molecule has 0 spiro atoms. The van der Waals surface area contributed by atoms with Crippen LogP contribution in [0.4, 0.5) is 13.2 Å². The minimum absolute atomic E-state index is 0. The van der Waals surface area contributed by atoms with Crippen molar-refractivity contribution < 1.29 is 27.4 Å². The number of carbonyl (C=O) groups is 1. The summed E-state index contributed by atoms with van der Waals surface area (Å²) in [4.78, 5) is 15.1. The molecule has 0 saturated heterocycles. The first-order chi connectivity index (χ1) is 12.3. The highest BCUT2D eigenvalue weighted by atomic mass is 127. The molecule has 0 unspecified atom stereocenters. The van der Waals surface area contributed by atoms with E-state index in [0.29, 0.717) is 18.5 Å².